The Morgan fingerprint density at radius 3 is 0.771 bits per heavy atom. The van der Waals surface area contributed by atoms with Gasteiger partial charge in [-0.15, -0.1) is 20.5 Å². The third kappa shape index (κ3) is 6.50. The molecule has 0 saturated heterocycles. The Labute approximate surface area is 427 Å². The van der Waals surface area contributed by atoms with Crippen LogP contribution in [0.3, 0.4) is 0 Å². The molecule has 2 nitrogen and oxygen atoms in total. The second-order valence-corrected chi connectivity index (χ2v) is 18.9. The van der Waals surface area contributed by atoms with E-state index in [4.69, 9.17) is 94.2 Å². The number of para-hydroxylation sites is 4. The van der Waals surface area contributed by atoms with Gasteiger partial charge in [0.15, 0.2) is 0 Å². The summed E-state index contributed by atoms with van der Waals surface area (Å²) in [7, 11) is 85.8. The van der Waals surface area contributed by atoms with E-state index in [9.17, 15) is 0 Å². The van der Waals surface area contributed by atoms with E-state index in [1.165, 1.54) is 0 Å². The monoisotopic (exact) mass is 864 g/mol. The van der Waals surface area contributed by atoms with E-state index < -0.39 is 31.3 Å². The SMILES string of the molecule is [B]C([B])([B])C1(C([B])([B])[B])c2cc3c(cc2-c2c1cc(N(c1ccccc1)c1ccccc1)c1ccccc21)C(C([B])([B])[B])(C([B])([B])[B])c1cc(N(c2ccccc2)c2ccccc2)c2ccccc2c1-3. The summed E-state index contributed by atoms with van der Waals surface area (Å²) in [6.45, 7) is 0. The lowest BCUT2D eigenvalue weighted by Crippen LogP contribution is -2.52. The number of anilines is 6. The predicted octanol–water partition coefficient (Wildman–Crippen LogP) is 9.78. The molecular formula is C56H32B12N2. The number of nitrogens with zero attached hydrogens (tertiary/aromatic N) is 2. The molecule has 70 heavy (non-hydrogen) atoms. The summed E-state index contributed by atoms with van der Waals surface area (Å²) in [6, 6.07) is 63.7. The molecular weight excluding hydrogens is 830 g/mol. The standard InChI is InChI=1S/C56H32B12N2/c57-53(58,59)51(54(60,61)62)43-30-42-44(29-41(43)49-39-27-15-13-25-37(39)47(31-45(49)51)69(33-17-5-1-6-18-33)34-19-7-2-8-20-34)52(55(63,64)65,56(66,67)68)46-32-48(38-26-14-16-28-40(38)50(42)46)70(35-21-9-3-10-22-35)36-23-11-4-12-24-36/h1-32H. The Hall–Kier alpha value is -6.12. The van der Waals surface area contributed by atoms with Crippen LogP contribution in [0.1, 0.15) is 22.3 Å². The first-order valence-electron chi connectivity index (χ1n) is 22.9. The lowest BCUT2D eigenvalue weighted by Gasteiger charge is -2.57. The first-order valence-corrected chi connectivity index (χ1v) is 22.9. The van der Waals surface area contributed by atoms with Crippen molar-refractivity contribution in [1.82, 2.24) is 0 Å². The minimum atomic E-state index is -2.22. The molecule has 0 amide bonds. The topological polar surface area (TPSA) is 6.48 Å². The van der Waals surface area contributed by atoms with Crippen molar-refractivity contribution in [3.63, 3.8) is 0 Å². The van der Waals surface area contributed by atoms with E-state index in [0.717, 1.165) is 55.7 Å². The lowest BCUT2D eigenvalue weighted by atomic mass is 9.17. The number of fused-ring (bicyclic) bond motifs is 10. The molecule has 11 rings (SSSR count). The second-order valence-electron chi connectivity index (χ2n) is 18.9. The summed E-state index contributed by atoms with van der Waals surface area (Å²) in [5.41, 5.74) is 5.39. The average molecular weight is 863 g/mol. The van der Waals surface area contributed by atoms with Gasteiger partial charge in [0.2, 0.25) is 0 Å². The summed E-state index contributed by atoms with van der Waals surface area (Å²) in [6.07, 6.45) is 0. The van der Waals surface area contributed by atoms with Crippen molar-refractivity contribution < 1.29 is 0 Å². The third-order valence-corrected chi connectivity index (χ3v) is 14.5. The highest BCUT2D eigenvalue weighted by atomic mass is 15.1. The van der Waals surface area contributed by atoms with Crippen LogP contribution in [-0.2, 0) is 10.8 Å². The van der Waals surface area contributed by atoms with Crippen LogP contribution < -0.4 is 9.80 Å². The quantitative estimate of drug-likeness (QED) is 0.127. The molecule has 0 bridgehead atoms. The smallest absolute Gasteiger partial charge is 0.0543 e. The molecule has 0 aromatic heterocycles. The molecule has 0 saturated carbocycles. The van der Waals surface area contributed by atoms with Gasteiger partial charge in [-0.25, -0.2) is 0 Å². The van der Waals surface area contributed by atoms with Crippen LogP contribution in [0, 0.1) is 0 Å². The Kier molecular flexibility index (Phi) is 10.7. The van der Waals surface area contributed by atoms with E-state index in [1.807, 2.05) is 194 Å². The van der Waals surface area contributed by atoms with Crippen LogP contribution in [0.2, 0.25) is 20.5 Å². The minimum absolute atomic E-state index is 0.438. The van der Waals surface area contributed by atoms with Gasteiger partial charge in [0.25, 0.3) is 0 Å². The molecule has 2 aliphatic rings. The van der Waals surface area contributed by atoms with E-state index in [1.54, 1.807) is 0 Å². The summed E-state index contributed by atoms with van der Waals surface area (Å²) in [5.74, 6) is 0. The Morgan fingerprint density at radius 2 is 0.514 bits per heavy atom. The molecule has 14 heteroatoms. The average Bonchev–Trinajstić information content (AvgIpc) is 3.81. The van der Waals surface area contributed by atoms with Gasteiger partial charge in [-0.2, -0.15) is 0 Å². The summed E-state index contributed by atoms with van der Waals surface area (Å²) < 4.78 is 0. The van der Waals surface area contributed by atoms with Gasteiger partial charge in [-0.3, -0.25) is 0 Å². The molecule has 302 valence electrons. The number of rotatable bonds is 10. The zero-order valence-corrected chi connectivity index (χ0v) is 38.3. The highest BCUT2D eigenvalue weighted by Gasteiger charge is 2.60. The fraction of sp³-hybridized carbons (Fsp3) is 0.107. The van der Waals surface area contributed by atoms with Crippen molar-refractivity contribution in [2.45, 2.75) is 31.3 Å². The van der Waals surface area contributed by atoms with E-state index in [-0.39, 0.29) is 0 Å². The molecule has 24 radical (unpaired) electrons. The van der Waals surface area contributed by atoms with Crippen molar-refractivity contribution >= 4 is 150 Å². The van der Waals surface area contributed by atoms with Crippen molar-refractivity contribution in [3.05, 3.63) is 216 Å². The predicted molar refractivity (Wildman–Crippen MR) is 303 cm³/mol. The molecule has 0 atom stereocenters. The fourth-order valence-corrected chi connectivity index (χ4v) is 12.0. The largest absolute Gasteiger partial charge is 0.310 e. The van der Waals surface area contributed by atoms with Crippen LogP contribution >= 0.6 is 0 Å². The van der Waals surface area contributed by atoms with Gasteiger partial charge in [0, 0.05) is 33.5 Å². The van der Waals surface area contributed by atoms with Crippen LogP contribution in [0.4, 0.5) is 34.1 Å². The van der Waals surface area contributed by atoms with E-state index in [0.29, 0.717) is 44.5 Å². The van der Waals surface area contributed by atoms with Gasteiger partial charge in [-0.1, -0.05) is 121 Å². The molecule has 9 aromatic carbocycles. The van der Waals surface area contributed by atoms with Crippen molar-refractivity contribution in [1.29, 1.82) is 0 Å². The van der Waals surface area contributed by atoms with E-state index >= 15 is 0 Å². The molecule has 0 aliphatic heterocycles. The molecule has 0 fully saturated rings. The first-order chi connectivity index (χ1) is 33.3. The third-order valence-electron chi connectivity index (χ3n) is 14.5. The zero-order valence-electron chi connectivity index (χ0n) is 38.3. The maximum absolute atomic E-state index is 7.15. The summed E-state index contributed by atoms with van der Waals surface area (Å²) in [4.78, 5) is 4.28. The van der Waals surface area contributed by atoms with Gasteiger partial charge in [-0.05, 0) is 139 Å². The maximum Gasteiger partial charge on any atom is 0.0543 e. The highest BCUT2D eigenvalue weighted by molar-refractivity contribution is 6.67. The van der Waals surface area contributed by atoms with Gasteiger partial charge >= 0.3 is 0 Å². The molecule has 2 aliphatic carbocycles. The number of hydrogen-bond donors (Lipinski definition) is 0. The van der Waals surface area contributed by atoms with Crippen molar-refractivity contribution in [2.24, 2.45) is 0 Å². The Balaban J connectivity index is 1.30. The second kappa shape index (κ2) is 16.2. The number of benzene rings is 9. The van der Waals surface area contributed by atoms with E-state index in [2.05, 4.69) is 9.80 Å². The van der Waals surface area contributed by atoms with Crippen LogP contribution in [-0.4, -0.2) is 94.2 Å². The molecule has 0 spiro atoms. The molecule has 0 heterocycles. The number of hydrogen-bond acceptors (Lipinski definition) is 2. The van der Waals surface area contributed by atoms with Crippen LogP contribution in [0.5, 0.6) is 0 Å². The minimum Gasteiger partial charge on any atom is -0.310 e. The van der Waals surface area contributed by atoms with Gasteiger partial charge in [0.1, 0.15) is 0 Å². The van der Waals surface area contributed by atoms with Crippen molar-refractivity contribution in [3.8, 4) is 22.3 Å². The van der Waals surface area contributed by atoms with Gasteiger partial charge in [0.05, 0.1) is 106 Å². The zero-order chi connectivity index (χ0) is 49.2. The Bertz CT molecular complexity index is 3150. The maximum atomic E-state index is 7.15. The Morgan fingerprint density at radius 1 is 0.271 bits per heavy atom. The van der Waals surface area contributed by atoms with Crippen molar-refractivity contribution in [2.75, 3.05) is 9.80 Å². The molecule has 9 aromatic rings. The lowest BCUT2D eigenvalue weighted by molar-refractivity contribution is 0.527. The molecule has 0 N–H and O–H groups in total. The fourth-order valence-electron chi connectivity index (χ4n) is 12.0. The first kappa shape index (κ1) is 46.3. The molecule has 0 unspecified atom stereocenters. The van der Waals surface area contributed by atoms with Gasteiger partial charge < -0.3 is 9.80 Å². The normalized spacial score (nSPS) is 14.6. The summed E-state index contributed by atoms with van der Waals surface area (Å²) in [5, 5.41) is -5.63. The highest BCUT2D eigenvalue weighted by Crippen LogP contribution is 2.72. The van der Waals surface area contributed by atoms with Crippen LogP contribution in [0.25, 0.3) is 43.8 Å². The van der Waals surface area contributed by atoms with Crippen LogP contribution in [0.15, 0.2) is 194 Å². The summed E-state index contributed by atoms with van der Waals surface area (Å²) >= 11 is 0.